The van der Waals surface area contributed by atoms with Crippen LogP contribution in [0.5, 0.6) is 0 Å². The Labute approximate surface area is 103 Å². The summed E-state index contributed by atoms with van der Waals surface area (Å²) in [7, 11) is 0. The molecule has 0 spiro atoms. The second kappa shape index (κ2) is 4.43. The van der Waals surface area contributed by atoms with Gasteiger partial charge in [-0.05, 0) is 24.3 Å². The maximum absolute atomic E-state index is 4.42. The van der Waals surface area contributed by atoms with Crippen LogP contribution in [0.1, 0.15) is 5.69 Å². The van der Waals surface area contributed by atoms with Crippen molar-refractivity contribution in [3.8, 4) is 0 Å². The predicted molar refractivity (Wildman–Crippen MR) is 71.1 cm³/mol. The van der Waals surface area contributed by atoms with E-state index in [-0.39, 0.29) is 0 Å². The monoisotopic (exact) mass is 239 g/mol. The van der Waals surface area contributed by atoms with Crippen LogP contribution >= 0.6 is 11.3 Å². The molecule has 0 atom stereocenters. The van der Waals surface area contributed by atoms with Crippen molar-refractivity contribution in [3.63, 3.8) is 0 Å². The Hall–Kier alpha value is -2.07. The molecule has 3 aromatic rings. The van der Waals surface area contributed by atoms with Gasteiger partial charge in [0.1, 0.15) is 0 Å². The van der Waals surface area contributed by atoms with Crippen LogP contribution in [0.3, 0.4) is 0 Å². The number of aromatic nitrogens is 2. The highest BCUT2D eigenvalue weighted by Gasteiger charge is 2.00. The van der Waals surface area contributed by atoms with Crippen molar-refractivity contribution in [2.45, 2.75) is 0 Å². The highest BCUT2D eigenvalue weighted by molar-refractivity contribution is 7.22. The minimum Gasteiger partial charge on any atom is -0.255 e. The van der Waals surface area contributed by atoms with Crippen molar-refractivity contribution >= 4 is 32.9 Å². The SMILES string of the molecule is C(=N/c1nc2ccccc2s1)/c1ccccn1. The van der Waals surface area contributed by atoms with E-state index in [0.29, 0.717) is 0 Å². The van der Waals surface area contributed by atoms with Gasteiger partial charge < -0.3 is 0 Å². The van der Waals surface area contributed by atoms with E-state index < -0.39 is 0 Å². The lowest BCUT2D eigenvalue weighted by molar-refractivity contribution is 1.30. The smallest absolute Gasteiger partial charge is 0.210 e. The van der Waals surface area contributed by atoms with Crippen molar-refractivity contribution in [1.82, 2.24) is 9.97 Å². The topological polar surface area (TPSA) is 38.1 Å². The van der Waals surface area contributed by atoms with Gasteiger partial charge >= 0.3 is 0 Å². The lowest BCUT2D eigenvalue weighted by atomic mass is 10.3. The molecular weight excluding hydrogens is 230 g/mol. The molecule has 0 unspecified atom stereocenters. The standard InChI is InChI=1S/C13H9N3S/c1-2-7-12-11(6-1)16-13(17-12)15-9-10-5-3-4-8-14-10/h1-9H/b15-9-. The number of fused-ring (bicyclic) bond motifs is 1. The maximum atomic E-state index is 4.42. The minimum atomic E-state index is 0.761. The van der Waals surface area contributed by atoms with Crippen molar-refractivity contribution in [2.75, 3.05) is 0 Å². The molecule has 0 aliphatic heterocycles. The van der Waals surface area contributed by atoms with Crippen molar-refractivity contribution in [2.24, 2.45) is 4.99 Å². The number of hydrogen-bond acceptors (Lipinski definition) is 4. The van der Waals surface area contributed by atoms with E-state index in [1.807, 2.05) is 42.5 Å². The molecule has 4 heteroatoms. The molecule has 2 aromatic heterocycles. The summed E-state index contributed by atoms with van der Waals surface area (Å²) >= 11 is 1.58. The fourth-order valence-electron chi connectivity index (χ4n) is 1.49. The summed E-state index contributed by atoms with van der Waals surface area (Å²) in [5.74, 6) is 0. The molecule has 0 bridgehead atoms. The average Bonchev–Trinajstić information content (AvgIpc) is 2.80. The molecular formula is C13H9N3S. The Morgan fingerprint density at radius 1 is 1.06 bits per heavy atom. The van der Waals surface area contributed by atoms with Gasteiger partial charge in [0.05, 0.1) is 22.1 Å². The number of para-hydroxylation sites is 1. The van der Waals surface area contributed by atoms with Crippen LogP contribution in [0.2, 0.25) is 0 Å². The number of benzene rings is 1. The molecule has 0 fully saturated rings. The van der Waals surface area contributed by atoms with Gasteiger partial charge in [-0.25, -0.2) is 9.98 Å². The second-order valence-corrected chi connectivity index (χ2v) is 4.49. The number of aliphatic imine (C=N–C) groups is 1. The van der Waals surface area contributed by atoms with E-state index in [1.165, 1.54) is 0 Å². The number of thiazole rings is 1. The third-order valence-electron chi connectivity index (χ3n) is 2.28. The summed E-state index contributed by atoms with van der Waals surface area (Å²) in [4.78, 5) is 12.9. The Bertz CT molecular complexity index is 625. The molecule has 1 aromatic carbocycles. The number of rotatable bonds is 2. The normalized spacial score (nSPS) is 11.3. The third kappa shape index (κ3) is 2.21. The number of pyridine rings is 1. The van der Waals surface area contributed by atoms with Crippen molar-refractivity contribution < 1.29 is 0 Å². The zero-order chi connectivity index (χ0) is 11.5. The molecule has 0 aliphatic carbocycles. The first-order valence-electron chi connectivity index (χ1n) is 5.22. The first-order chi connectivity index (χ1) is 8.42. The number of hydrogen-bond donors (Lipinski definition) is 0. The molecule has 2 heterocycles. The molecule has 0 radical (unpaired) electrons. The van der Waals surface area contributed by atoms with E-state index in [9.17, 15) is 0 Å². The van der Waals surface area contributed by atoms with Gasteiger partial charge in [0.25, 0.3) is 0 Å². The maximum Gasteiger partial charge on any atom is 0.210 e. The summed E-state index contributed by atoms with van der Waals surface area (Å²) < 4.78 is 1.15. The lowest BCUT2D eigenvalue weighted by Gasteiger charge is -1.87. The summed E-state index contributed by atoms with van der Waals surface area (Å²) in [6.45, 7) is 0. The first kappa shape index (κ1) is 10.1. The van der Waals surface area contributed by atoms with E-state index in [4.69, 9.17) is 0 Å². The zero-order valence-electron chi connectivity index (χ0n) is 8.95. The summed E-state index contributed by atoms with van der Waals surface area (Å²) in [6.07, 6.45) is 3.48. The van der Waals surface area contributed by atoms with Gasteiger partial charge in [0, 0.05) is 6.20 Å². The second-order valence-electron chi connectivity index (χ2n) is 3.48. The summed E-state index contributed by atoms with van der Waals surface area (Å²) in [5.41, 5.74) is 1.83. The van der Waals surface area contributed by atoms with Crippen molar-refractivity contribution in [1.29, 1.82) is 0 Å². The Balaban J connectivity index is 1.92. The van der Waals surface area contributed by atoms with Gasteiger partial charge in [-0.15, -0.1) is 0 Å². The molecule has 3 nitrogen and oxygen atoms in total. The van der Waals surface area contributed by atoms with E-state index in [1.54, 1.807) is 23.7 Å². The molecule has 0 amide bonds. The molecule has 0 saturated carbocycles. The van der Waals surface area contributed by atoms with Crippen molar-refractivity contribution in [3.05, 3.63) is 54.4 Å². The fraction of sp³-hybridized carbons (Fsp3) is 0. The van der Waals surface area contributed by atoms with Crippen LogP contribution in [0.15, 0.2) is 53.7 Å². The van der Waals surface area contributed by atoms with E-state index >= 15 is 0 Å². The zero-order valence-corrected chi connectivity index (χ0v) is 9.76. The van der Waals surface area contributed by atoms with Crippen LogP contribution in [0, 0.1) is 0 Å². The molecule has 0 saturated heterocycles. The molecule has 17 heavy (non-hydrogen) atoms. The molecule has 0 N–H and O–H groups in total. The van der Waals surface area contributed by atoms with Crippen LogP contribution in [-0.4, -0.2) is 16.2 Å². The highest BCUT2D eigenvalue weighted by atomic mass is 32.1. The van der Waals surface area contributed by atoms with Crippen LogP contribution in [0.25, 0.3) is 10.2 Å². The Morgan fingerprint density at radius 3 is 2.76 bits per heavy atom. The highest BCUT2D eigenvalue weighted by Crippen LogP contribution is 2.27. The fourth-order valence-corrected chi connectivity index (χ4v) is 2.30. The molecule has 82 valence electrons. The van der Waals surface area contributed by atoms with Crippen LogP contribution in [0.4, 0.5) is 5.13 Å². The first-order valence-corrected chi connectivity index (χ1v) is 6.04. The average molecular weight is 239 g/mol. The number of nitrogens with zero attached hydrogens (tertiary/aromatic N) is 3. The summed E-state index contributed by atoms with van der Waals surface area (Å²) in [5, 5.41) is 0.761. The van der Waals surface area contributed by atoms with Gasteiger partial charge in [-0.3, -0.25) is 4.98 Å². The van der Waals surface area contributed by atoms with E-state index in [2.05, 4.69) is 15.0 Å². The summed E-state index contributed by atoms with van der Waals surface area (Å²) in [6, 6.07) is 13.8. The van der Waals surface area contributed by atoms with Gasteiger partial charge in [0.15, 0.2) is 0 Å². The quantitative estimate of drug-likeness (QED) is 0.642. The minimum absolute atomic E-state index is 0.761. The van der Waals surface area contributed by atoms with Crippen LogP contribution in [-0.2, 0) is 0 Å². The van der Waals surface area contributed by atoms with Gasteiger partial charge in [-0.2, -0.15) is 0 Å². The molecule has 3 rings (SSSR count). The Morgan fingerprint density at radius 2 is 1.94 bits per heavy atom. The lowest BCUT2D eigenvalue weighted by Crippen LogP contribution is -1.83. The van der Waals surface area contributed by atoms with Gasteiger partial charge in [-0.1, -0.05) is 29.5 Å². The molecule has 0 aliphatic rings. The van der Waals surface area contributed by atoms with E-state index in [0.717, 1.165) is 21.0 Å². The Kier molecular flexibility index (Phi) is 2.63. The predicted octanol–water partition coefficient (Wildman–Crippen LogP) is 3.44. The van der Waals surface area contributed by atoms with Gasteiger partial charge in [0.2, 0.25) is 5.13 Å². The van der Waals surface area contributed by atoms with Crippen LogP contribution < -0.4 is 0 Å². The largest absolute Gasteiger partial charge is 0.255 e. The third-order valence-corrected chi connectivity index (χ3v) is 3.22.